The summed E-state index contributed by atoms with van der Waals surface area (Å²) in [6.07, 6.45) is 4.23. The number of hydrogen-bond donors (Lipinski definition) is 1. The molecule has 30 heavy (non-hydrogen) atoms. The average molecular weight is 417 g/mol. The molecule has 2 aliphatic heterocycles. The zero-order chi connectivity index (χ0) is 21.5. The van der Waals surface area contributed by atoms with Gasteiger partial charge < -0.3 is 19.9 Å². The van der Waals surface area contributed by atoms with Crippen molar-refractivity contribution in [2.24, 2.45) is 4.99 Å². The molecule has 0 radical (unpaired) electrons. The maximum absolute atomic E-state index is 12.7. The molecular formula is C22H36N6O2. The second kappa shape index (κ2) is 10.6. The van der Waals surface area contributed by atoms with Crippen molar-refractivity contribution in [3.8, 4) is 5.88 Å². The van der Waals surface area contributed by atoms with Gasteiger partial charge in [-0.25, -0.2) is 4.98 Å². The average Bonchev–Trinajstić information content (AvgIpc) is 3.29. The van der Waals surface area contributed by atoms with E-state index in [0.717, 1.165) is 63.6 Å². The first-order chi connectivity index (χ1) is 14.5. The number of aliphatic imine (C=N–C) groups is 1. The fourth-order valence-corrected chi connectivity index (χ4v) is 4.02. The number of rotatable bonds is 6. The molecule has 2 saturated heterocycles. The Labute approximate surface area is 180 Å². The third-order valence-electron chi connectivity index (χ3n) is 5.75. The molecule has 3 rings (SSSR count). The van der Waals surface area contributed by atoms with Crippen molar-refractivity contribution in [1.29, 1.82) is 0 Å². The molecule has 166 valence electrons. The zero-order valence-electron chi connectivity index (χ0n) is 18.8. The third kappa shape index (κ3) is 5.84. The van der Waals surface area contributed by atoms with Gasteiger partial charge in [-0.05, 0) is 39.2 Å². The molecule has 1 N–H and O–H groups in total. The molecule has 8 heteroatoms. The summed E-state index contributed by atoms with van der Waals surface area (Å²) in [7, 11) is 1.81. The first-order valence-electron chi connectivity index (χ1n) is 11.1. The topological polar surface area (TPSA) is 73.3 Å². The van der Waals surface area contributed by atoms with Crippen molar-refractivity contribution < 1.29 is 9.53 Å². The van der Waals surface area contributed by atoms with Crippen molar-refractivity contribution in [2.75, 3.05) is 46.3 Å². The van der Waals surface area contributed by atoms with E-state index in [2.05, 4.69) is 25.1 Å². The highest BCUT2D eigenvalue weighted by Gasteiger charge is 2.30. The molecule has 2 aliphatic rings. The number of pyridine rings is 1. The zero-order valence-corrected chi connectivity index (χ0v) is 18.8. The number of hydrogen-bond acceptors (Lipinski definition) is 5. The van der Waals surface area contributed by atoms with E-state index in [-0.39, 0.29) is 18.1 Å². The van der Waals surface area contributed by atoms with Crippen LogP contribution in [0.4, 0.5) is 0 Å². The van der Waals surface area contributed by atoms with Gasteiger partial charge in [-0.15, -0.1) is 0 Å². The predicted octanol–water partition coefficient (Wildman–Crippen LogP) is 1.57. The quantitative estimate of drug-likeness (QED) is 0.561. The van der Waals surface area contributed by atoms with Crippen LogP contribution in [0, 0.1) is 0 Å². The highest BCUT2D eigenvalue weighted by Crippen LogP contribution is 2.14. The lowest BCUT2D eigenvalue weighted by atomic mass is 10.2. The van der Waals surface area contributed by atoms with Gasteiger partial charge in [-0.1, -0.05) is 6.07 Å². The molecule has 1 atom stereocenters. The summed E-state index contributed by atoms with van der Waals surface area (Å²) in [6.45, 7) is 12.0. The molecule has 1 amide bonds. The number of aromatic nitrogens is 1. The molecule has 0 aromatic carbocycles. The van der Waals surface area contributed by atoms with E-state index in [0.29, 0.717) is 12.4 Å². The molecule has 0 bridgehead atoms. The summed E-state index contributed by atoms with van der Waals surface area (Å²) in [6, 6.07) is 3.88. The van der Waals surface area contributed by atoms with Crippen molar-refractivity contribution >= 4 is 11.9 Å². The smallest absolute Gasteiger partial charge is 0.239 e. The minimum atomic E-state index is -0.0436. The standard InChI is InChI=1S/C22H36N6O2/c1-17(2)30-20-8-7-19(15-24-20)16-25-22(23-4)28-13-11-26(12-14-28)18(3)21(29)27-9-5-6-10-27/h7-8,15,17-18H,5-6,9-14,16H2,1-4H3,(H,23,25). The minimum absolute atomic E-state index is 0.0436. The highest BCUT2D eigenvalue weighted by molar-refractivity contribution is 5.82. The van der Waals surface area contributed by atoms with Crippen molar-refractivity contribution in [1.82, 2.24) is 25.0 Å². The number of piperazine rings is 1. The van der Waals surface area contributed by atoms with E-state index in [1.54, 1.807) is 0 Å². The number of guanidine groups is 1. The molecule has 3 heterocycles. The van der Waals surface area contributed by atoms with Gasteiger partial charge in [0.2, 0.25) is 11.8 Å². The summed E-state index contributed by atoms with van der Waals surface area (Å²) in [4.78, 5) is 28.0. The van der Waals surface area contributed by atoms with Gasteiger partial charge in [0.05, 0.1) is 12.1 Å². The van der Waals surface area contributed by atoms with Gasteiger partial charge in [0, 0.05) is 65.1 Å². The van der Waals surface area contributed by atoms with E-state index >= 15 is 0 Å². The summed E-state index contributed by atoms with van der Waals surface area (Å²) in [5, 5.41) is 3.43. The Bertz CT molecular complexity index is 707. The summed E-state index contributed by atoms with van der Waals surface area (Å²) < 4.78 is 5.59. The number of nitrogens with one attached hydrogen (secondary N) is 1. The van der Waals surface area contributed by atoms with Gasteiger partial charge >= 0.3 is 0 Å². The molecule has 2 fully saturated rings. The predicted molar refractivity (Wildman–Crippen MR) is 119 cm³/mol. The number of amides is 1. The van der Waals surface area contributed by atoms with E-state index in [1.165, 1.54) is 0 Å². The fourth-order valence-electron chi connectivity index (χ4n) is 4.02. The molecule has 0 spiro atoms. The third-order valence-corrected chi connectivity index (χ3v) is 5.75. The largest absolute Gasteiger partial charge is 0.475 e. The number of carbonyl (C=O) groups is 1. The molecule has 0 saturated carbocycles. The van der Waals surface area contributed by atoms with Gasteiger partial charge in [-0.2, -0.15) is 0 Å². The summed E-state index contributed by atoms with van der Waals surface area (Å²) >= 11 is 0. The first-order valence-corrected chi connectivity index (χ1v) is 11.1. The molecule has 1 aromatic heterocycles. The minimum Gasteiger partial charge on any atom is -0.475 e. The van der Waals surface area contributed by atoms with Gasteiger partial charge in [-0.3, -0.25) is 14.7 Å². The lowest BCUT2D eigenvalue weighted by Crippen LogP contribution is -2.57. The number of ether oxygens (including phenoxy) is 1. The Morgan fingerprint density at radius 2 is 1.80 bits per heavy atom. The number of nitrogens with zero attached hydrogens (tertiary/aromatic N) is 5. The monoisotopic (exact) mass is 416 g/mol. The normalized spacial score (nSPS) is 19.3. The second-order valence-corrected chi connectivity index (χ2v) is 8.30. The lowest BCUT2D eigenvalue weighted by Gasteiger charge is -2.39. The molecule has 8 nitrogen and oxygen atoms in total. The van der Waals surface area contributed by atoms with E-state index in [4.69, 9.17) is 4.74 Å². The van der Waals surface area contributed by atoms with Crippen molar-refractivity contribution in [3.05, 3.63) is 23.9 Å². The SMILES string of the molecule is CN=C(NCc1ccc(OC(C)C)nc1)N1CCN(C(C)C(=O)N2CCCC2)CC1. The van der Waals surface area contributed by atoms with Gasteiger partial charge in [0.1, 0.15) is 0 Å². The van der Waals surface area contributed by atoms with Crippen LogP contribution in [-0.2, 0) is 11.3 Å². The molecule has 0 aliphatic carbocycles. The highest BCUT2D eigenvalue weighted by atomic mass is 16.5. The second-order valence-electron chi connectivity index (χ2n) is 8.30. The first kappa shape index (κ1) is 22.3. The van der Waals surface area contributed by atoms with Crippen molar-refractivity contribution in [2.45, 2.75) is 52.3 Å². The molecule has 1 aromatic rings. The van der Waals surface area contributed by atoms with E-state index in [1.807, 2.05) is 51.0 Å². The number of likely N-dealkylation sites (tertiary alicyclic amines) is 1. The van der Waals surface area contributed by atoms with Gasteiger partial charge in [0.15, 0.2) is 5.96 Å². The summed E-state index contributed by atoms with van der Waals surface area (Å²) in [5.41, 5.74) is 1.08. The van der Waals surface area contributed by atoms with Crippen LogP contribution >= 0.6 is 0 Å². The fraction of sp³-hybridized carbons (Fsp3) is 0.682. The van der Waals surface area contributed by atoms with Crippen LogP contribution in [0.2, 0.25) is 0 Å². The van der Waals surface area contributed by atoms with E-state index < -0.39 is 0 Å². The lowest BCUT2D eigenvalue weighted by molar-refractivity contribution is -0.135. The molecule has 1 unspecified atom stereocenters. The van der Waals surface area contributed by atoms with Crippen LogP contribution in [0.15, 0.2) is 23.3 Å². The Morgan fingerprint density at radius 1 is 1.10 bits per heavy atom. The maximum Gasteiger partial charge on any atom is 0.239 e. The van der Waals surface area contributed by atoms with Crippen LogP contribution in [0.5, 0.6) is 5.88 Å². The Morgan fingerprint density at radius 3 is 2.37 bits per heavy atom. The Kier molecular flexibility index (Phi) is 7.90. The van der Waals surface area contributed by atoms with Crippen LogP contribution in [0.1, 0.15) is 39.2 Å². The van der Waals surface area contributed by atoms with Crippen LogP contribution in [0.25, 0.3) is 0 Å². The Balaban J connectivity index is 1.46. The van der Waals surface area contributed by atoms with Crippen LogP contribution in [-0.4, -0.2) is 90.0 Å². The number of carbonyl (C=O) groups excluding carboxylic acids is 1. The van der Waals surface area contributed by atoms with Crippen molar-refractivity contribution in [3.63, 3.8) is 0 Å². The Hall–Kier alpha value is -2.35. The molecular weight excluding hydrogens is 380 g/mol. The van der Waals surface area contributed by atoms with E-state index in [9.17, 15) is 4.79 Å². The van der Waals surface area contributed by atoms with Crippen LogP contribution in [0.3, 0.4) is 0 Å². The maximum atomic E-state index is 12.7. The van der Waals surface area contributed by atoms with Crippen LogP contribution < -0.4 is 10.1 Å². The van der Waals surface area contributed by atoms with Gasteiger partial charge in [0.25, 0.3) is 0 Å². The summed E-state index contributed by atoms with van der Waals surface area (Å²) in [5.74, 6) is 1.81.